The monoisotopic (exact) mass is 830 g/mol. The number of hydrogen-bond acceptors (Lipinski definition) is 3. The van der Waals surface area contributed by atoms with Gasteiger partial charge < -0.3 is 64.8 Å². The maximum absolute atomic E-state index is 2.55. The molecule has 1 aromatic heterocycles. The first-order chi connectivity index (χ1) is 20.0. The molecule has 44 heavy (non-hydrogen) atoms. The van der Waals surface area contributed by atoms with Crippen LogP contribution in [0.1, 0.15) is 59.4 Å². The molecule has 0 saturated heterocycles. The van der Waals surface area contributed by atoms with Gasteiger partial charge in [0.05, 0.1) is 69.5 Å². The highest BCUT2D eigenvalue weighted by Crippen LogP contribution is 2.45. The summed E-state index contributed by atoms with van der Waals surface area (Å²) >= 11 is 3.83. The Labute approximate surface area is 307 Å². The average Bonchev–Trinajstić information content (AvgIpc) is 3.55. The first-order valence-electron chi connectivity index (χ1n) is 16.0. The third-order valence-corrected chi connectivity index (χ3v) is 12.1. The summed E-state index contributed by atoms with van der Waals surface area (Å²) in [7, 11) is 0. The molecule has 4 rings (SSSR count). The van der Waals surface area contributed by atoms with Gasteiger partial charge in [-0.05, 0) is 65.8 Å². The summed E-state index contributed by atoms with van der Waals surface area (Å²) in [5, 5.41) is 2.68. The number of thiazole rings is 1. The topological polar surface area (TPSA) is 7.12 Å². The van der Waals surface area contributed by atoms with Gasteiger partial charge in [-0.25, -0.2) is 0 Å². The maximum Gasteiger partial charge on any atom is 0.262 e. The van der Waals surface area contributed by atoms with E-state index in [4.69, 9.17) is 0 Å². The van der Waals surface area contributed by atoms with E-state index in [1.165, 1.54) is 105 Å². The van der Waals surface area contributed by atoms with Crippen LogP contribution < -0.4 is 60.4 Å². The zero-order valence-electron chi connectivity index (χ0n) is 27.6. The molecule has 0 spiro atoms. The van der Waals surface area contributed by atoms with Crippen molar-refractivity contribution in [3.8, 4) is 0 Å². The lowest BCUT2D eigenvalue weighted by Crippen LogP contribution is -3.00. The van der Waals surface area contributed by atoms with Crippen molar-refractivity contribution in [3.63, 3.8) is 0 Å². The minimum atomic E-state index is 0. The van der Waals surface area contributed by atoms with Crippen LogP contribution >= 0.6 is 23.1 Å². The number of rotatable bonds is 16. The average molecular weight is 834 g/mol. The molecule has 2 aromatic carbocycles. The highest BCUT2D eigenvalue weighted by molar-refractivity contribution is 8.03. The minimum absolute atomic E-state index is 0. The summed E-state index contributed by atoms with van der Waals surface area (Å²) < 4.78 is 6.34. The molecule has 246 valence electrons. The number of aromatic nitrogens is 1. The second-order valence-electron chi connectivity index (χ2n) is 11.4. The lowest BCUT2D eigenvalue weighted by atomic mass is 10.2. The lowest BCUT2D eigenvalue weighted by Gasteiger charge is -2.36. The SMILES string of the molecule is CC[N+](CC)(CC)CCCN1C(=CC=Cc2sc3ccccc3[n+]2CCC[N+](CC)(CC)CC)Sc2ccccc21.[Br-].[Br-].[Br-]. The van der Waals surface area contributed by atoms with Crippen LogP contribution in [-0.4, -0.2) is 67.9 Å². The van der Waals surface area contributed by atoms with E-state index in [0.29, 0.717) is 0 Å². The number of halogens is 3. The summed E-state index contributed by atoms with van der Waals surface area (Å²) in [5.74, 6) is 0. The van der Waals surface area contributed by atoms with E-state index in [9.17, 15) is 0 Å². The first-order valence-corrected chi connectivity index (χ1v) is 17.6. The van der Waals surface area contributed by atoms with Crippen LogP contribution in [0.3, 0.4) is 0 Å². The number of fused-ring (bicyclic) bond motifs is 2. The highest BCUT2D eigenvalue weighted by Gasteiger charge is 2.27. The van der Waals surface area contributed by atoms with Gasteiger partial charge in [-0.15, -0.1) is 0 Å². The van der Waals surface area contributed by atoms with Crippen LogP contribution in [0.4, 0.5) is 5.69 Å². The molecule has 3 aromatic rings. The summed E-state index contributed by atoms with van der Waals surface area (Å²) in [6.07, 6.45) is 9.38. The van der Waals surface area contributed by atoms with Crippen LogP contribution in [0.5, 0.6) is 0 Å². The molecule has 2 heterocycles. The van der Waals surface area contributed by atoms with E-state index in [1.54, 1.807) is 0 Å². The maximum atomic E-state index is 2.55. The van der Waals surface area contributed by atoms with Gasteiger partial charge in [0, 0.05) is 30.0 Å². The van der Waals surface area contributed by atoms with Crippen molar-refractivity contribution in [3.05, 3.63) is 70.7 Å². The largest absolute Gasteiger partial charge is 1.00 e. The molecule has 0 amide bonds. The molecule has 0 N–H and O–H groups in total. The van der Waals surface area contributed by atoms with Crippen molar-refractivity contribution >= 4 is 45.1 Å². The standard InChI is InChI=1S/C35H53N4S2.3BrH/c1-7-38(8-2,9-3)28-18-26-36-30-20-13-15-22-32(30)40-34(36)24-17-25-35-37(31-21-14-16-23-33(31)41-35)27-19-29-39(10-4,11-5)12-6;;;/h13-17,20-25H,7-12,18-19,26-29H2,1-6H3;3*1H/q+3;;;/p-3. The van der Waals surface area contributed by atoms with Crippen LogP contribution in [0.2, 0.25) is 0 Å². The van der Waals surface area contributed by atoms with Gasteiger partial charge in [0.1, 0.15) is 4.70 Å². The smallest absolute Gasteiger partial charge is 0.262 e. The van der Waals surface area contributed by atoms with Crippen molar-refractivity contribution in [1.29, 1.82) is 0 Å². The van der Waals surface area contributed by atoms with Gasteiger partial charge in [0.15, 0.2) is 6.54 Å². The van der Waals surface area contributed by atoms with Gasteiger partial charge in [0.25, 0.3) is 5.01 Å². The number of anilines is 1. The lowest BCUT2D eigenvalue weighted by molar-refractivity contribution is -0.925. The summed E-state index contributed by atoms with van der Waals surface area (Å²) in [6, 6.07) is 17.8. The minimum Gasteiger partial charge on any atom is -1.00 e. The van der Waals surface area contributed by atoms with E-state index in [1.807, 2.05) is 23.1 Å². The summed E-state index contributed by atoms with van der Waals surface area (Å²) in [5.41, 5.74) is 2.72. The summed E-state index contributed by atoms with van der Waals surface area (Å²) in [6.45, 7) is 26.0. The molecule has 1 aliphatic heterocycles. The van der Waals surface area contributed by atoms with Crippen molar-refractivity contribution in [2.24, 2.45) is 0 Å². The van der Waals surface area contributed by atoms with E-state index in [0.717, 1.165) is 13.1 Å². The number of benzene rings is 2. The molecule has 4 nitrogen and oxygen atoms in total. The summed E-state index contributed by atoms with van der Waals surface area (Å²) in [4.78, 5) is 3.92. The molecule has 0 atom stereocenters. The number of quaternary nitrogens is 2. The van der Waals surface area contributed by atoms with Crippen molar-refractivity contribution in [2.75, 3.05) is 63.8 Å². The molecule has 0 bridgehead atoms. The first kappa shape index (κ1) is 41.3. The fraction of sp³-hybridized carbons (Fsp3) is 0.514. The zero-order valence-corrected chi connectivity index (χ0v) is 34.0. The quantitative estimate of drug-likeness (QED) is 0.138. The Balaban J connectivity index is 0.00000323. The number of allylic oxidation sites excluding steroid dienone is 2. The van der Waals surface area contributed by atoms with Gasteiger partial charge in [-0.1, -0.05) is 53.4 Å². The second-order valence-corrected chi connectivity index (χ2v) is 13.5. The number of nitrogens with zero attached hydrogens (tertiary/aromatic N) is 4. The Morgan fingerprint density at radius 1 is 0.727 bits per heavy atom. The Kier molecular flexibility index (Phi) is 18.7. The van der Waals surface area contributed by atoms with E-state index >= 15 is 0 Å². The normalized spacial score (nSPS) is 14.0. The fourth-order valence-electron chi connectivity index (χ4n) is 6.45. The van der Waals surface area contributed by atoms with E-state index < -0.39 is 0 Å². The molecule has 9 heteroatoms. The predicted octanol–water partition coefficient (Wildman–Crippen LogP) is -0.799. The molecule has 0 saturated carbocycles. The molecular weight excluding hydrogens is 780 g/mol. The third kappa shape index (κ3) is 9.68. The molecule has 0 radical (unpaired) electrons. The fourth-order valence-corrected chi connectivity index (χ4v) is 8.65. The second kappa shape index (κ2) is 19.9. The van der Waals surface area contributed by atoms with Crippen LogP contribution in [0, 0.1) is 0 Å². The van der Waals surface area contributed by atoms with Gasteiger partial charge >= 0.3 is 0 Å². The van der Waals surface area contributed by atoms with Crippen molar-refractivity contribution in [1.82, 2.24) is 0 Å². The van der Waals surface area contributed by atoms with Gasteiger partial charge in [0.2, 0.25) is 5.52 Å². The number of aryl methyl sites for hydroxylation is 1. The van der Waals surface area contributed by atoms with Crippen LogP contribution in [0.15, 0.2) is 70.6 Å². The molecule has 1 aliphatic rings. The van der Waals surface area contributed by atoms with E-state index in [-0.39, 0.29) is 50.9 Å². The van der Waals surface area contributed by atoms with Crippen molar-refractivity contribution in [2.45, 2.75) is 65.8 Å². The van der Waals surface area contributed by atoms with Crippen LogP contribution in [-0.2, 0) is 6.54 Å². The molecular formula is C35H53Br3N4S2. The number of hydrogen-bond donors (Lipinski definition) is 0. The molecule has 0 fully saturated rings. The van der Waals surface area contributed by atoms with Crippen molar-refractivity contribution < 1.29 is 64.5 Å². The van der Waals surface area contributed by atoms with Crippen LogP contribution in [0.25, 0.3) is 16.3 Å². The Morgan fingerprint density at radius 3 is 1.93 bits per heavy atom. The molecule has 0 aliphatic carbocycles. The third-order valence-electron chi connectivity index (χ3n) is 9.80. The highest BCUT2D eigenvalue weighted by atomic mass is 79.9. The molecule has 0 unspecified atom stereocenters. The Hall–Kier alpha value is -0.680. The van der Waals surface area contributed by atoms with Gasteiger partial charge in [-0.3, -0.25) is 0 Å². The number of thioether (sulfide) groups is 1. The number of para-hydroxylation sites is 2. The Bertz CT molecular complexity index is 1320. The predicted molar refractivity (Wildman–Crippen MR) is 182 cm³/mol. The van der Waals surface area contributed by atoms with E-state index in [2.05, 4.69) is 118 Å². The van der Waals surface area contributed by atoms with Gasteiger partial charge in [-0.2, -0.15) is 4.57 Å². The zero-order chi connectivity index (χ0) is 29.3. The Morgan fingerprint density at radius 2 is 1.30 bits per heavy atom.